The molecular weight excluding hydrogens is 166 g/mol. The SMILES string of the molecule is CC.Cc1ccc(ON=[N+]=[N-])cc1. The fourth-order valence-corrected chi connectivity index (χ4v) is 0.665. The summed E-state index contributed by atoms with van der Waals surface area (Å²) >= 11 is 0. The van der Waals surface area contributed by atoms with Crippen LogP contribution in [0, 0.1) is 6.92 Å². The largest absolute Gasteiger partial charge is 0.394 e. The van der Waals surface area contributed by atoms with Crippen molar-refractivity contribution in [3.8, 4) is 5.75 Å². The normalized spacial score (nSPS) is 7.62. The minimum absolute atomic E-state index is 0.549. The maximum Gasteiger partial charge on any atom is 0.136 e. The van der Waals surface area contributed by atoms with E-state index in [0.29, 0.717) is 5.75 Å². The Hall–Kier alpha value is -1.67. The van der Waals surface area contributed by atoms with Crippen LogP contribution in [0.1, 0.15) is 19.4 Å². The summed E-state index contributed by atoms with van der Waals surface area (Å²) in [4.78, 5) is 7.07. The van der Waals surface area contributed by atoms with E-state index in [4.69, 9.17) is 5.53 Å². The smallest absolute Gasteiger partial charge is 0.136 e. The molecule has 70 valence electrons. The van der Waals surface area contributed by atoms with E-state index >= 15 is 0 Å². The van der Waals surface area contributed by atoms with Crippen LogP contribution in [0.2, 0.25) is 0 Å². The van der Waals surface area contributed by atoms with Gasteiger partial charge in [-0.05, 0) is 24.6 Å². The molecule has 13 heavy (non-hydrogen) atoms. The highest BCUT2D eigenvalue weighted by Crippen LogP contribution is 2.11. The van der Waals surface area contributed by atoms with E-state index in [-0.39, 0.29) is 0 Å². The summed E-state index contributed by atoms with van der Waals surface area (Å²) in [5.41, 5.74) is 9.05. The first kappa shape index (κ1) is 11.3. The molecule has 0 amide bonds. The second kappa shape index (κ2) is 7.00. The summed E-state index contributed by atoms with van der Waals surface area (Å²) in [7, 11) is 0. The first-order valence-corrected chi connectivity index (χ1v) is 4.11. The Morgan fingerprint density at radius 1 is 1.23 bits per heavy atom. The van der Waals surface area contributed by atoms with E-state index in [1.54, 1.807) is 12.1 Å². The Morgan fingerprint density at radius 2 is 1.77 bits per heavy atom. The van der Waals surface area contributed by atoms with Gasteiger partial charge < -0.3 is 4.84 Å². The third-order valence-electron chi connectivity index (χ3n) is 1.20. The molecule has 0 atom stereocenters. The molecule has 0 heterocycles. The zero-order valence-electron chi connectivity index (χ0n) is 8.06. The van der Waals surface area contributed by atoms with E-state index in [1.807, 2.05) is 32.9 Å². The summed E-state index contributed by atoms with van der Waals surface area (Å²) < 4.78 is 0. The Balaban J connectivity index is 0.000000671. The summed E-state index contributed by atoms with van der Waals surface area (Å²) in [5.74, 6) is 0.549. The van der Waals surface area contributed by atoms with Gasteiger partial charge in [-0.1, -0.05) is 31.5 Å². The third kappa shape index (κ3) is 4.71. The zero-order valence-corrected chi connectivity index (χ0v) is 8.06. The van der Waals surface area contributed by atoms with E-state index in [9.17, 15) is 0 Å². The van der Waals surface area contributed by atoms with Gasteiger partial charge in [0.2, 0.25) is 0 Å². The summed E-state index contributed by atoms with van der Waals surface area (Å²) in [6.45, 7) is 5.97. The highest BCUT2D eigenvalue weighted by Gasteiger charge is 1.88. The van der Waals surface area contributed by atoms with Crippen LogP contribution in [0.15, 0.2) is 29.5 Å². The molecule has 1 rings (SSSR count). The number of azide groups is 1. The first-order chi connectivity index (χ1) is 6.33. The van der Waals surface area contributed by atoms with Crippen molar-refractivity contribution in [3.63, 3.8) is 0 Å². The quantitative estimate of drug-likeness (QED) is 0.296. The molecule has 0 saturated heterocycles. The number of hydrogen-bond donors (Lipinski definition) is 0. The minimum Gasteiger partial charge on any atom is -0.394 e. The predicted molar refractivity (Wildman–Crippen MR) is 52.3 cm³/mol. The molecule has 0 spiro atoms. The lowest BCUT2D eigenvalue weighted by Crippen LogP contribution is -1.79. The summed E-state index contributed by atoms with van der Waals surface area (Å²) in [6, 6.07) is 7.23. The molecule has 0 bridgehead atoms. The van der Waals surface area contributed by atoms with Crippen LogP contribution < -0.4 is 4.84 Å². The van der Waals surface area contributed by atoms with Gasteiger partial charge in [0.1, 0.15) is 11.0 Å². The molecule has 4 heteroatoms. The van der Waals surface area contributed by atoms with Crippen LogP contribution >= 0.6 is 0 Å². The molecule has 1 aromatic rings. The summed E-state index contributed by atoms with van der Waals surface area (Å²) in [6.07, 6.45) is 0. The van der Waals surface area contributed by atoms with E-state index in [2.05, 4.69) is 15.0 Å². The van der Waals surface area contributed by atoms with Gasteiger partial charge in [0.15, 0.2) is 0 Å². The number of hydrogen-bond acceptors (Lipinski definition) is 2. The minimum atomic E-state index is 0.549. The molecule has 0 aliphatic rings. The van der Waals surface area contributed by atoms with Gasteiger partial charge in [-0.3, -0.25) is 0 Å². The Labute approximate surface area is 77.7 Å². The van der Waals surface area contributed by atoms with Gasteiger partial charge in [0.05, 0.1) is 0 Å². The summed E-state index contributed by atoms with van der Waals surface area (Å²) in [5, 5.41) is 2.95. The third-order valence-corrected chi connectivity index (χ3v) is 1.20. The maximum atomic E-state index is 7.92. The monoisotopic (exact) mass is 179 g/mol. The molecule has 1 aromatic carbocycles. The second-order valence-electron chi connectivity index (χ2n) is 2.08. The van der Waals surface area contributed by atoms with Crippen molar-refractivity contribution in [2.45, 2.75) is 20.8 Å². The van der Waals surface area contributed by atoms with E-state index in [0.717, 1.165) is 5.56 Å². The van der Waals surface area contributed by atoms with Gasteiger partial charge in [0, 0.05) is 4.91 Å². The van der Waals surface area contributed by atoms with Crippen LogP contribution in [-0.4, -0.2) is 0 Å². The Kier molecular flexibility index (Phi) is 6.11. The topological polar surface area (TPSA) is 58.0 Å². The highest BCUT2D eigenvalue weighted by atomic mass is 16.6. The van der Waals surface area contributed by atoms with Gasteiger partial charge in [0.25, 0.3) is 0 Å². The van der Waals surface area contributed by atoms with E-state index in [1.165, 1.54) is 0 Å². The molecule has 0 radical (unpaired) electrons. The van der Waals surface area contributed by atoms with Crippen molar-refractivity contribution in [1.82, 2.24) is 0 Å². The molecule has 0 fully saturated rings. The van der Waals surface area contributed by atoms with Crippen molar-refractivity contribution >= 4 is 0 Å². The molecule has 0 aliphatic carbocycles. The van der Waals surface area contributed by atoms with Crippen LogP contribution in [0.5, 0.6) is 5.75 Å². The van der Waals surface area contributed by atoms with Crippen LogP contribution in [0.4, 0.5) is 0 Å². The molecule has 0 aliphatic heterocycles. The first-order valence-electron chi connectivity index (χ1n) is 4.11. The predicted octanol–water partition coefficient (Wildman–Crippen LogP) is 3.63. The Morgan fingerprint density at radius 3 is 2.23 bits per heavy atom. The average molecular weight is 179 g/mol. The zero-order chi connectivity index (χ0) is 10.1. The van der Waals surface area contributed by atoms with E-state index < -0.39 is 0 Å². The van der Waals surface area contributed by atoms with Gasteiger partial charge in [-0.15, -0.1) is 0 Å². The number of benzene rings is 1. The number of nitrogens with zero attached hydrogens (tertiary/aromatic N) is 3. The van der Waals surface area contributed by atoms with Crippen molar-refractivity contribution in [2.24, 2.45) is 5.28 Å². The molecule has 4 nitrogen and oxygen atoms in total. The fourth-order valence-electron chi connectivity index (χ4n) is 0.665. The van der Waals surface area contributed by atoms with Crippen molar-refractivity contribution in [1.29, 1.82) is 0 Å². The highest BCUT2D eigenvalue weighted by molar-refractivity contribution is 5.25. The van der Waals surface area contributed by atoms with Crippen LogP contribution in [-0.2, 0) is 0 Å². The number of rotatable bonds is 2. The standard InChI is InChI=1S/C7H7N3O.C2H6/c1-6-2-4-7(5-3-6)11-10-9-8;1-2/h2-5H,1H3;1-2H3. The van der Waals surface area contributed by atoms with Crippen molar-refractivity contribution in [2.75, 3.05) is 0 Å². The Bertz CT molecular complexity index is 275. The molecule has 0 saturated carbocycles. The van der Waals surface area contributed by atoms with Gasteiger partial charge >= 0.3 is 0 Å². The fraction of sp³-hybridized carbons (Fsp3) is 0.333. The molecule has 0 aromatic heterocycles. The van der Waals surface area contributed by atoms with Crippen molar-refractivity contribution in [3.05, 3.63) is 40.3 Å². The lowest BCUT2D eigenvalue weighted by molar-refractivity contribution is 0.333. The van der Waals surface area contributed by atoms with Crippen LogP contribution in [0.25, 0.3) is 10.4 Å². The number of aryl methyl sites for hydroxylation is 1. The van der Waals surface area contributed by atoms with Gasteiger partial charge in [-0.2, -0.15) is 0 Å². The lowest BCUT2D eigenvalue weighted by atomic mass is 10.2. The average Bonchev–Trinajstić information content (AvgIpc) is 2.20. The lowest BCUT2D eigenvalue weighted by Gasteiger charge is -1.95. The van der Waals surface area contributed by atoms with Gasteiger partial charge in [-0.25, -0.2) is 0 Å². The molecular formula is C9H13N3O. The van der Waals surface area contributed by atoms with Crippen molar-refractivity contribution < 1.29 is 4.84 Å². The second-order valence-corrected chi connectivity index (χ2v) is 2.08. The van der Waals surface area contributed by atoms with Crippen LogP contribution in [0.3, 0.4) is 0 Å². The molecule has 0 N–H and O–H groups in total. The maximum absolute atomic E-state index is 7.92. The molecule has 0 unspecified atom stereocenters.